The van der Waals surface area contributed by atoms with Crippen molar-refractivity contribution in [1.29, 1.82) is 0 Å². The normalized spacial score (nSPS) is 11.5. The zero-order chi connectivity index (χ0) is 15.4. The summed E-state index contributed by atoms with van der Waals surface area (Å²) in [5.74, 6) is -0.481. The topological polar surface area (TPSA) is 55.4 Å². The number of hydrogen-bond acceptors (Lipinski definition) is 2. The van der Waals surface area contributed by atoms with Crippen molar-refractivity contribution in [3.8, 4) is 0 Å². The van der Waals surface area contributed by atoms with Gasteiger partial charge in [-0.1, -0.05) is 57.9 Å². The minimum Gasteiger partial charge on any atom is -0.368 e. The smallest absolute Gasteiger partial charge is 0.239 e. The zero-order valence-corrected chi connectivity index (χ0v) is 13.8. The fourth-order valence-electron chi connectivity index (χ4n) is 1.88. The Morgan fingerprint density at radius 1 is 1.29 bits per heavy atom. The number of nitrogens with zero attached hydrogens (tertiary/aromatic N) is 1. The minimum atomic E-state index is -0.481. The van der Waals surface area contributed by atoms with Crippen LogP contribution in [-0.4, -0.2) is 18.2 Å². The van der Waals surface area contributed by atoms with E-state index in [0.29, 0.717) is 10.7 Å². The third kappa shape index (κ3) is 3.93. The van der Waals surface area contributed by atoms with Crippen LogP contribution in [-0.2, 0) is 4.79 Å². The van der Waals surface area contributed by atoms with Crippen LogP contribution >= 0.6 is 27.5 Å². The molecular weight excluding hydrogens is 352 g/mol. The van der Waals surface area contributed by atoms with Crippen LogP contribution in [0.15, 0.2) is 51.9 Å². The van der Waals surface area contributed by atoms with Crippen LogP contribution in [0.1, 0.15) is 16.7 Å². The van der Waals surface area contributed by atoms with Crippen LogP contribution < -0.4 is 5.73 Å². The van der Waals surface area contributed by atoms with Gasteiger partial charge in [-0.25, -0.2) is 0 Å². The van der Waals surface area contributed by atoms with Gasteiger partial charge in [0.05, 0.1) is 5.71 Å². The molecule has 1 amide bonds. The lowest BCUT2D eigenvalue weighted by Crippen LogP contribution is -2.16. The molecule has 0 aromatic heterocycles. The zero-order valence-electron chi connectivity index (χ0n) is 11.4. The van der Waals surface area contributed by atoms with Crippen molar-refractivity contribution >= 4 is 39.1 Å². The van der Waals surface area contributed by atoms with Gasteiger partial charge in [0.15, 0.2) is 0 Å². The molecule has 0 atom stereocenters. The summed E-state index contributed by atoms with van der Waals surface area (Å²) in [6.45, 7) is 1.93. The summed E-state index contributed by atoms with van der Waals surface area (Å²) in [5, 5.41) is 0.581. The highest BCUT2D eigenvalue weighted by molar-refractivity contribution is 9.10. The van der Waals surface area contributed by atoms with Gasteiger partial charge in [0.25, 0.3) is 0 Å². The maximum absolute atomic E-state index is 11.0. The molecule has 0 saturated carbocycles. The maximum atomic E-state index is 11.0. The molecule has 0 unspecified atom stereocenters. The summed E-state index contributed by atoms with van der Waals surface area (Å²) in [6.07, 6.45) is 0. The second-order valence-electron chi connectivity index (χ2n) is 4.57. The SMILES string of the molecule is Cc1ccc(C(=NCC(N)=O)c2ccccc2Cl)cc1Br. The van der Waals surface area contributed by atoms with Crippen LogP contribution in [0.25, 0.3) is 0 Å². The van der Waals surface area contributed by atoms with Crippen molar-refractivity contribution in [1.82, 2.24) is 0 Å². The number of benzene rings is 2. The highest BCUT2D eigenvalue weighted by Crippen LogP contribution is 2.23. The number of hydrogen-bond donors (Lipinski definition) is 1. The maximum Gasteiger partial charge on any atom is 0.239 e. The third-order valence-corrected chi connectivity index (χ3v) is 4.15. The number of aliphatic imine (C=N–C) groups is 1. The monoisotopic (exact) mass is 364 g/mol. The molecule has 0 bridgehead atoms. The number of halogens is 2. The lowest BCUT2D eigenvalue weighted by atomic mass is 10.0. The molecule has 0 fully saturated rings. The first-order valence-electron chi connectivity index (χ1n) is 6.33. The Morgan fingerprint density at radius 3 is 2.62 bits per heavy atom. The van der Waals surface area contributed by atoms with E-state index >= 15 is 0 Å². The first-order chi connectivity index (χ1) is 9.99. The Kier molecular flexibility index (Phi) is 5.15. The van der Waals surface area contributed by atoms with Gasteiger partial charge in [-0.3, -0.25) is 9.79 Å². The van der Waals surface area contributed by atoms with Gasteiger partial charge in [-0.05, 0) is 24.6 Å². The molecule has 0 aliphatic rings. The fraction of sp³-hybridized carbons (Fsp3) is 0.125. The van der Waals surface area contributed by atoms with E-state index in [0.717, 1.165) is 21.2 Å². The molecule has 3 nitrogen and oxygen atoms in total. The Hall–Kier alpha value is -1.65. The summed E-state index contributed by atoms with van der Waals surface area (Å²) < 4.78 is 0.971. The summed E-state index contributed by atoms with van der Waals surface area (Å²) in [4.78, 5) is 15.4. The van der Waals surface area contributed by atoms with Gasteiger partial charge in [-0.2, -0.15) is 0 Å². The second kappa shape index (κ2) is 6.87. The highest BCUT2D eigenvalue weighted by Gasteiger charge is 2.12. The molecule has 0 spiro atoms. The Balaban J connectivity index is 2.56. The standard InChI is InChI=1S/C16H14BrClN2O/c1-10-6-7-11(8-13(10)17)16(20-9-15(19)21)12-4-2-3-5-14(12)18/h2-8H,9H2,1H3,(H2,19,21). The lowest BCUT2D eigenvalue weighted by molar-refractivity contribution is -0.116. The largest absolute Gasteiger partial charge is 0.368 e. The molecule has 2 aromatic carbocycles. The molecule has 0 saturated heterocycles. The van der Waals surface area contributed by atoms with E-state index in [1.165, 1.54) is 0 Å². The third-order valence-electron chi connectivity index (χ3n) is 2.97. The first kappa shape index (κ1) is 15.7. The van der Waals surface area contributed by atoms with Crippen molar-refractivity contribution in [3.63, 3.8) is 0 Å². The summed E-state index contributed by atoms with van der Waals surface area (Å²) in [6, 6.07) is 13.3. The molecule has 5 heteroatoms. The predicted molar refractivity (Wildman–Crippen MR) is 90.0 cm³/mol. The fourth-order valence-corrected chi connectivity index (χ4v) is 2.49. The average Bonchev–Trinajstić information content (AvgIpc) is 2.44. The molecule has 0 aliphatic carbocycles. The van der Waals surface area contributed by atoms with Crippen molar-refractivity contribution < 1.29 is 4.79 Å². The van der Waals surface area contributed by atoms with Gasteiger partial charge in [0, 0.05) is 20.6 Å². The predicted octanol–water partition coefficient (Wildman–Crippen LogP) is 3.73. The minimum absolute atomic E-state index is 0.0773. The van der Waals surface area contributed by atoms with E-state index in [1.54, 1.807) is 6.07 Å². The molecular formula is C16H14BrClN2O. The van der Waals surface area contributed by atoms with Crippen LogP contribution in [0.2, 0.25) is 5.02 Å². The average molecular weight is 366 g/mol. The number of carbonyl (C=O) groups excluding carboxylic acids is 1. The van der Waals surface area contributed by atoms with Crippen LogP contribution in [0.3, 0.4) is 0 Å². The Morgan fingerprint density at radius 2 is 2.00 bits per heavy atom. The molecule has 2 rings (SSSR count). The number of primary amides is 1. The van der Waals surface area contributed by atoms with E-state index < -0.39 is 5.91 Å². The van der Waals surface area contributed by atoms with Crippen LogP contribution in [0.5, 0.6) is 0 Å². The van der Waals surface area contributed by atoms with Gasteiger partial charge in [0.1, 0.15) is 6.54 Å². The molecule has 2 aromatic rings. The number of carbonyl (C=O) groups is 1. The van der Waals surface area contributed by atoms with Crippen molar-refractivity contribution in [2.75, 3.05) is 6.54 Å². The summed E-state index contributed by atoms with van der Waals surface area (Å²) in [5.41, 5.74) is 8.62. The molecule has 0 heterocycles. The molecule has 0 radical (unpaired) electrons. The number of rotatable bonds is 4. The van der Waals surface area contributed by atoms with E-state index in [4.69, 9.17) is 17.3 Å². The number of aryl methyl sites for hydroxylation is 1. The second-order valence-corrected chi connectivity index (χ2v) is 5.84. The van der Waals surface area contributed by atoms with Gasteiger partial charge in [-0.15, -0.1) is 0 Å². The summed E-state index contributed by atoms with van der Waals surface area (Å²) in [7, 11) is 0. The van der Waals surface area contributed by atoms with E-state index in [2.05, 4.69) is 20.9 Å². The van der Waals surface area contributed by atoms with Gasteiger partial charge < -0.3 is 5.73 Å². The van der Waals surface area contributed by atoms with Crippen molar-refractivity contribution in [2.24, 2.45) is 10.7 Å². The van der Waals surface area contributed by atoms with E-state index in [-0.39, 0.29) is 6.54 Å². The Labute approximate surface area is 137 Å². The molecule has 2 N–H and O–H groups in total. The van der Waals surface area contributed by atoms with E-state index in [1.807, 2.05) is 43.3 Å². The molecule has 0 aliphatic heterocycles. The van der Waals surface area contributed by atoms with Crippen molar-refractivity contribution in [2.45, 2.75) is 6.92 Å². The highest BCUT2D eigenvalue weighted by atomic mass is 79.9. The number of nitrogens with two attached hydrogens (primary N) is 1. The Bertz CT molecular complexity index is 713. The molecule has 21 heavy (non-hydrogen) atoms. The quantitative estimate of drug-likeness (QED) is 0.825. The lowest BCUT2D eigenvalue weighted by Gasteiger charge is -2.10. The van der Waals surface area contributed by atoms with E-state index in [9.17, 15) is 4.79 Å². The van der Waals surface area contributed by atoms with Gasteiger partial charge >= 0.3 is 0 Å². The summed E-state index contributed by atoms with van der Waals surface area (Å²) >= 11 is 9.75. The van der Waals surface area contributed by atoms with Gasteiger partial charge in [0.2, 0.25) is 5.91 Å². The number of amides is 1. The van der Waals surface area contributed by atoms with Crippen LogP contribution in [0.4, 0.5) is 0 Å². The first-order valence-corrected chi connectivity index (χ1v) is 7.50. The van der Waals surface area contributed by atoms with Crippen LogP contribution in [0, 0.1) is 6.92 Å². The van der Waals surface area contributed by atoms with Crippen molar-refractivity contribution in [3.05, 3.63) is 68.7 Å². The molecule has 108 valence electrons.